The molecule has 5 heteroatoms. The van der Waals surface area contributed by atoms with E-state index in [0.29, 0.717) is 6.54 Å². The zero-order valence-electron chi connectivity index (χ0n) is 11.7. The molecule has 1 atom stereocenters. The quantitative estimate of drug-likeness (QED) is 0.821. The number of hydrogen-bond acceptors (Lipinski definition) is 4. The van der Waals surface area contributed by atoms with Gasteiger partial charge in [0.1, 0.15) is 0 Å². The van der Waals surface area contributed by atoms with Gasteiger partial charge in [0.25, 0.3) is 0 Å². The summed E-state index contributed by atoms with van der Waals surface area (Å²) >= 11 is 1.65. The highest BCUT2D eigenvalue weighted by Crippen LogP contribution is 2.09. The lowest BCUT2D eigenvalue weighted by atomic mass is 10.1. The Hall–Kier alpha value is -0.940. The van der Waals surface area contributed by atoms with E-state index in [1.165, 1.54) is 0 Å². The highest BCUT2D eigenvalue weighted by atomic mass is 32.1. The summed E-state index contributed by atoms with van der Waals surface area (Å²) in [6.07, 6.45) is 2.73. The second-order valence-corrected chi connectivity index (χ2v) is 5.63. The summed E-state index contributed by atoms with van der Waals surface area (Å²) in [6, 6.07) is -0.0203. The van der Waals surface area contributed by atoms with Gasteiger partial charge in [-0.2, -0.15) is 0 Å². The predicted molar refractivity (Wildman–Crippen MR) is 75.9 cm³/mol. The fourth-order valence-electron chi connectivity index (χ4n) is 1.83. The fraction of sp³-hybridized carbons (Fsp3) is 0.692. The zero-order chi connectivity index (χ0) is 13.5. The first-order valence-corrected chi connectivity index (χ1v) is 7.27. The van der Waals surface area contributed by atoms with Gasteiger partial charge in [0, 0.05) is 24.0 Å². The van der Waals surface area contributed by atoms with Crippen LogP contribution in [0.4, 0.5) is 0 Å². The lowest BCUT2D eigenvalue weighted by Gasteiger charge is -2.22. The SMILES string of the molecule is CCC[C@@H](C(=O)NCCc1nc(C)cs1)N(C)C. The molecule has 0 aliphatic rings. The van der Waals surface area contributed by atoms with Crippen LogP contribution in [-0.4, -0.2) is 42.5 Å². The highest BCUT2D eigenvalue weighted by molar-refractivity contribution is 7.09. The standard InChI is InChI=1S/C13H23N3OS/c1-5-6-11(16(3)4)13(17)14-8-7-12-15-10(2)9-18-12/h9,11H,5-8H2,1-4H3,(H,14,17)/t11-/m0/s1. The Morgan fingerprint density at radius 1 is 1.56 bits per heavy atom. The summed E-state index contributed by atoms with van der Waals surface area (Å²) in [7, 11) is 3.90. The monoisotopic (exact) mass is 269 g/mol. The molecule has 0 aliphatic heterocycles. The summed E-state index contributed by atoms with van der Waals surface area (Å²) in [6.45, 7) is 4.75. The lowest BCUT2D eigenvalue weighted by Crippen LogP contribution is -2.44. The molecule has 102 valence electrons. The van der Waals surface area contributed by atoms with Crippen LogP contribution in [-0.2, 0) is 11.2 Å². The molecular weight excluding hydrogens is 246 g/mol. The first-order chi connectivity index (χ1) is 8.54. The molecule has 0 saturated heterocycles. The van der Waals surface area contributed by atoms with Crippen molar-refractivity contribution in [2.45, 2.75) is 39.2 Å². The van der Waals surface area contributed by atoms with Gasteiger partial charge in [-0.05, 0) is 27.4 Å². The van der Waals surface area contributed by atoms with Crippen molar-refractivity contribution in [3.63, 3.8) is 0 Å². The van der Waals surface area contributed by atoms with Crippen molar-refractivity contribution >= 4 is 17.2 Å². The molecule has 0 spiro atoms. The number of amides is 1. The first kappa shape index (κ1) is 15.1. The minimum Gasteiger partial charge on any atom is -0.354 e. The van der Waals surface area contributed by atoms with Gasteiger partial charge in [-0.15, -0.1) is 11.3 Å². The van der Waals surface area contributed by atoms with E-state index in [0.717, 1.165) is 30.0 Å². The number of rotatable bonds is 7. The van der Waals surface area contributed by atoms with Crippen molar-refractivity contribution in [2.75, 3.05) is 20.6 Å². The van der Waals surface area contributed by atoms with Crippen molar-refractivity contribution in [3.05, 3.63) is 16.1 Å². The number of carbonyl (C=O) groups is 1. The second-order valence-electron chi connectivity index (χ2n) is 4.69. The normalized spacial score (nSPS) is 12.7. The maximum Gasteiger partial charge on any atom is 0.237 e. The molecule has 0 radical (unpaired) electrons. The molecule has 0 unspecified atom stereocenters. The number of nitrogens with zero attached hydrogens (tertiary/aromatic N) is 2. The molecule has 0 aromatic carbocycles. The Morgan fingerprint density at radius 3 is 2.78 bits per heavy atom. The van der Waals surface area contributed by atoms with Crippen molar-refractivity contribution in [2.24, 2.45) is 0 Å². The number of aryl methyl sites for hydroxylation is 1. The summed E-state index contributed by atoms with van der Waals surface area (Å²) in [5.74, 6) is 0.120. The van der Waals surface area contributed by atoms with Crippen molar-refractivity contribution in [1.29, 1.82) is 0 Å². The van der Waals surface area contributed by atoms with Crippen molar-refractivity contribution in [3.8, 4) is 0 Å². The van der Waals surface area contributed by atoms with E-state index in [9.17, 15) is 4.79 Å². The predicted octanol–water partition coefficient (Wildman–Crippen LogP) is 1.84. The van der Waals surface area contributed by atoms with Crippen LogP contribution in [0.5, 0.6) is 0 Å². The Labute approximate surface area is 113 Å². The minimum absolute atomic E-state index is 0.0203. The van der Waals surface area contributed by atoms with Crippen LogP contribution in [0, 0.1) is 6.92 Å². The van der Waals surface area contributed by atoms with Gasteiger partial charge in [0.15, 0.2) is 0 Å². The minimum atomic E-state index is -0.0203. The summed E-state index contributed by atoms with van der Waals surface area (Å²) in [5, 5.41) is 6.12. The van der Waals surface area contributed by atoms with Gasteiger partial charge < -0.3 is 5.32 Å². The third kappa shape index (κ3) is 4.74. The van der Waals surface area contributed by atoms with Crippen LogP contribution in [0.15, 0.2) is 5.38 Å². The van der Waals surface area contributed by atoms with E-state index in [4.69, 9.17) is 0 Å². The van der Waals surface area contributed by atoms with Gasteiger partial charge in [-0.25, -0.2) is 4.98 Å². The molecule has 18 heavy (non-hydrogen) atoms. The number of carbonyl (C=O) groups excluding carboxylic acids is 1. The largest absolute Gasteiger partial charge is 0.354 e. The van der Waals surface area contributed by atoms with Crippen LogP contribution in [0.25, 0.3) is 0 Å². The van der Waals surface area contributed by atoms with Crippen LogP contribution in [0.3, 0.4) is 0 Å². The van der Waals surface area contributed by atoms with Crippen LogP contribution >= 0.6 is 11.3 Å². The van der Waals surface area contributed by atoms with Gasteiger partial charge in [0.05, 0.1) is 11.0 Å². The smallest absolute Gasteiger partial charge is 0.237 e. The van der Waals surface area contributed by atoms with E-state index in [1.807, 2.05) is 31.3 Å². The topological polar surface area (TPSA) is 45.2 Å². The lowest BCUT2D eigenvalue weighted by molar-refractivity contribution is -0.125. The van der Waals surface area contributed by atoms with E-state index < -0.39 is 0 Å². The molecule has 1 heterocycles. The molecule has 1 N–H and O–H groups in total. The van der Waals surface area contributed by atoms with Crippen LogP contribution < -0.4 is 5.32 Å². The number of hydrogen-bond donors (Lipinski definition) is 1. The van der Waals surface area contributed by atoms with Gasteiger partial charge in [0.2, 0.25) is 5.91 Å². The first-order valence-electron chi connectivity index (χ1n) is 6.39. The number of nitrogens with one attached hydrogen (secondary N) is 1. The van der Waals surface area contributed by atoms with Gasteiger partial charge >= 0.3 is 0 Å². The molecule has 1 rings (SSSR count). The third-order valence-electron chi connectivity index (χ3n) is 2.79. The molecule has 4 nitrogen and oxygen atoms in total. The van der Waals surface area contributed by atoms with E-state index in [-0.39, 0.29) is 11.9 Å². The Kier molecular flexibility index (Phi) is 6.29. The summed E-state index contributed by atoms with van der Waals surface area (Å²) in [4.78, 5) is 18.4. The molecule has 0 fully saturated rings. The number of aromatic nitrogens is 1. The average Bonchev–Trinajstić information content (AvgIpc) is 2.71. The number of likely N-dealkylation sites (N-methyl/N-ethyl adjacent to an activating group) is 1. The average molecular weight is 269 g/mol. The van der Waals surface area contributed by atoms with Crippen LogP contribution in [0.2, 0.25) is 0 Å². The summed E-state index contributed by atoms with van der Waals surface area (Å²) < 4.78 is 0. The van der Waals surface area contributed by atoms with Gasteiger partial charge in [-0.1, -0.05) is 13.3 Å². The second kappa shape index (κ2) is 7.48. The van der Waals surface area contributed by atoms with Crippen molar-refractivity contribution in [1.82, 2.24) is 15.2 Å². The molecule has 1 aromatic heterocycles. The zero-order valence-corrected chi connectivity index (χ0v) is 12.5. The van der Waals surface area contributed by atoms with Gasteiger partial charge in [-0.3, -0.25) is 9.69 Å². The van der Waals surface area contributed by atoms with Crippen molar-refractivity contribution < 1.29 is 4.79 Å². The molecule has 1 amide bonds. The Morgan fingerprint density at radius 2 is 2.28 bits per heavy atom. The fourth-order valence-corrected chi connectivity index (χ4v) is 2.60. The highest BCUT2D eigenvalue weighted by Gasteiger charge is 2.18. The molecule has 0 aliphatic carbocycles. The number of thiazole rings is 1. The Bertz CT molecular complexity index is 376. The molecule has 0 saturated carbocycles. The molecular formula is C13H23N3OS. The van der Waals surface area contributed by atoms with E-state index >= 15 is 0 Å². The maximum atomic E-state index is 12.0. The maximum absolute atomic E-state index is 12.0. The summed E-state index contributed by atoms with van der Waals surface area (Å²) in [5.41, 5.74) is 1.05. The van der Waals surface area contributed by atoms with E-state index in [1.54, 1.807) is 11.3 Å². The van der Waals surface area contributed by atoms with Crippen LogP contribution in [0.1, 0.15) is 30.5 Å². The third-order valence-corrected chi connectivity index (χ3v) is 3.82. The molecule has 1 aromatic rings. The molecule has 0 bridgehead atoms. The van der Waals surface area contributed by atoms with E-state index in [2.05, 4.69) is 17.2 Å². The Balaban J connectivity index is 2.35.